The van der Waals surface area contributed by atoms with Crippen molar-refractivity contribution in [2.24, 2.45) is 5.92 Å². The van der Waals surface area contributed by atoms with E-state index in [1.54, 1.807) is 44.3 Å². The highest BCUT2D eigenvalue weighted by molar-refractivity contribution is 6.14. The Balaban J connectivity index is 0.000000861. The van der Waals surface area contributed by atoms with Crippen LogP contribution in [-0.2, 0) is 9.59 Å². The number of urea groups is 1. The zero-order valence-corrected chi connectivity index (χ0v) is 19.1. The molecule has 1 aromatic carbocycles. The smallest absolute Gasteiger partial charge is 0.329 e. The minimum atomic E-state index is -0.745. The van der Waals surface area contributed by atoms with Crippen LogP contribution in [0.3, 0.4) is 0 Å². The fourth-order valence-electron chi connectivity index (χ4n) is 3.06. The summed E-state index contributed by atoms with van der Waals surface area (Å²) < 4.78 is 10.5. The molecule has 2 rings (SSSR count). The number of nitrogens with one attached hydrogen (secondary N) is 1. The van der Waals surface area contributed by atoms with E-state index in [2.05, 4.69) is 19.2 Å². The summed E-state index contributed by atoms with van der Waals surface area (Å²) in [5.41, 5.74) is 1.14. The second-order valence-electron chi connectivity index (χ2n) is 7.18. The molecule has 0 aromatic heterocycles. The molecule has 1 aliphatic rings. The van der Waals surface area contributed by atoms with E-state index < -0.39 is 5.97 Å². The lowest BCUT2D eigenvalue weighted by molar-refractivity contribution is -0.136. The Morgan fingerprint density at radius 3 is 2.32 bits per heavy atom. The molecule has 1 atom stereocenters. The Labute approximate surface area is 184 Å². The van der Waals surface area contributed by atoms with Crippen LogP contribution < -0.4 is 14.8 Å². The van der Waals surface area contributed by atoms with Gasteiger partial charge in [-0.2, -0.15) is 0 Å². The summed E-state index contributed by atoms with van der Waals surface area (Å²) >= 11 is 0. The maximum absolute atomic E-state index is 12.3. The number of benzene rings is 1. The van der Waals surface area contributed by atoms with Crippen LogP contribution in [0.25, 0.3) is 6.08 Å². The fraction of sp³-hybridized carbons (Fsp3) is 0.522. The van der Waals surface area contributed by atoms with Gasteiger partial charge in [0.15, 0.2) is 11.5 Å². The number of hydrogen-bond acceptors (Lipinski definition) is 5. The number of carboxylic acids is 1. The number of nitrogens with zero attached hydrogens (tertiary/aromatic N) is 1. The number of ether oxygens (including phenoxy) is 2. The topological polar surface area (TPSA) is 105 Å². The summed E-state index contributed by atoms with van der Waals surface area (Å²) in [4.78, 5) is 35.4. The van der Waals surface area contributed by atoms with Gasteiger partial charge in [-0.05, 0) is 36.1 Å². The Morgan fingerprint density at radius 2 is 1.81 bits per heavy atom. The molecule has 0 saturated carbocycles. The molecular weight excluding hydrogens is 400 g/mol. The van der Waals surface area contributed by atoms with E-state index in [-0.39, 0.29) is 18.4 Å². The first-order valence-electron chi connectivity index (χ1n) is 10.6. The average Bonchev–Trinajstić information content (AvgIpc) is 3.03. The summed E-state index contributed by atoms with van der Waals surface area (Å²) in [6.07, 6.45) is 6.21. The molecule has 0 radical (unpaired) electrons. The molecule has 0 bridgehead atoms. The van der Waals surface area contributed by atoms with Crippen molar-refractivity contribution in [3.63, 3.8) is 0 Å². The van der Waals surface area contributed by atoms with E-state index >= 15 is 0 Å². The monoisotopic (exact) mass is 434 g/mol. The van der Waals surface area contributed by atoms with Crippen LogP contribution >= 0.6 is 0 Å². The van der Waals surface area contributed by atoms with E-state index in [0.29, 0.717) is 29.7 Å². The zero-order chi connectivity index (χ0) is 23.4. The van der Waals surface area contributed by atoms with Crippen LogP contribution in [0.1, 0.15) is 58.4 Å². The molecule has 1 saturated heterocycles. The SMILES string of the molecule is CCC(=O)O.CCCCC(CC)CN1C(=O)NC(=O)C1=Cc1ccc(OC)c(OC)c1. The molecule has 1 fully saturated rings. The van der Waals surface area contributed by atoms with Gasteiger partial charge < -0.3 is 14.6 Å². The molecule has 8 heteroatoms. The molecular formula is C23H34N2O6. The molecule has 172 valence electrons. The van der Waals surface area contributed by atoms with Gasteiger partial charge in [-0.15, -0.1) is 0 Å². The van der Waals surface area contributed by atoms with Crippen LogP contribution in [0, 0.1) is 5.92 Å². The number of imide groups is 1. The number of carbonyl (C=O) groups excluding carboxylic acids is 2. The summed E-state index contributed by atoms with van der Waals surface area (Å²) in [7, 11) is 3.13. The van der Waals surface area contributed by atoms with Crippen molar-refractivity contribution in [1.82, 2.24) is 10.2 Å². The number of aliphatic carboxylic acids is 1. The predicted molar refractivity (Wildman–Crippen MR) is 119 cm³/mol. The van der Waals surface area contributed by atoms with Crippen LogP contribution in [0.2, 0.25) is 0 Å². The van der Waals surface area contributed by atoms with Crippen LogP contribution in [0.4, 0.5) is 4.79 Å². The number of carbonyl (C=O) groups is 3. The van der Waals surface area contributed by atoms with Crippen LogP contribution in [0.15, 0.2) is 23.9 Å². The maximum Gasteiger partial charge on any atom is 0.329 e. The summed E-state index contributed by atoms with van der Waals surface area (Å²) in [5.74, 6) is 0.456. The standard InChI is InChI=1S/C20H28N2O4.C3H6O2/c1-5-7-8-14(6-2)13-22-16(19(23)21-20(22)24)11-15-9-10-17(25-3)18(12-15)26-4;1-2-3(4)5/h9-12,14H,5-8,13H2,1-4H3,(H,21,23,24);2H2,1H3,(H,4,5). The van der Waals surface area contributed by atoms with E-state index in [1.165, 1.54) is 0 Å². The number of amides is 3. The van der Waals surface area contributed by atoms with Gasteiger partial charge in [-0.1, -0.05) is 46.1 Å². The normalized spacial score (nSPS) is 15.3. The van der Waals surface area contributed by atoms with E-state index in [0.717, 1.165) is 31.2 Å². The zero-order valence-electron chi connectivity index (χ0n) is 19.1. The Hall–Kier alpha value is -3.03. The maximum atomic E-state index is 12.3. The first-order valence-corrected chi connectivity index (χ1v) is 10.6. The second kappa shape index (κ2) is 13.3. The lowest BCUT2D eigenvalue weighted by Crippen LogP contribution is -2.32. The van der Waals surface area contributed by atoms with Gasteiger partial charge >= 0.3 is 12.0 Å². The van der Waals surface area contributed by atoms with Crippen molar-refractivity contribution in [2.45, 2.75) is 52.9 Å². The van der Waals surface area contributed by atoms with Crippen molar-refractivity contribution >= 4 is 24.0 Å². The third-order valence-corrected chi connectivity index (χ3v) is 4.99. The third kappa shape index (κ3) is 7.96. The van der Waals surface area contributed by atoms with E-state index in [9.17, 15) is 14.4 Å². The van der Waals surface area contributed by atoms with Gasteiger partial charge in [-0.3, -0.25) is 19.8 Å². The van der Waals surface area contributed by atoms with Crippen molar-refractivity contribution in [3.05, 3.63) is 29.5 Å². The molecule has 1 aromatic rings. The van der Waals surface area contributed by atoms with Gasteiger partial charge in [-0.25, -0.2) is 4.79 Å². The molecule has 8 nitrogen and oxygen atoms in total. The molecule has 1 heterocycles. The van der Waals surface area contributed by atoms with Crippen molar-refractivity contribution in [2.75, 3.05) is 20.8 Å². The minimum Gasteiger partial charge on any atom is -0.493 e. The molecule has 31 heavy (non-hydrogen) atoms. The van der Waals surface area contributed by atoms with Crippen LogP contribution in [-0.4, -0.2) is 48.7 Å². The first-order chi connectivity index (χ1) is 14.8. The lowest BCUT2D eigenvalue weighted by atomic mass is 9.98. The number of unbranched alkanes of at least 4 members (excludes halogenated alkanes) is 1. The van der Waals surface area contributed by atoms with Crippen molar-refractivity contribution in [3.8, 4) is 11.5 Å². The van der Waals surface area contributed by atoms with E-state index in [4.69, 9.17) is 14.6 Å². The highest BCUT2D eigenvalue weighted by Crippen LogP contribution is 2.29. The van der Waals surface area contributed by atoms with Gasteiger partial charge in [0.05, 0.1) is 14.2 Å². The van der Waals surface area contributed by atoms with Gasteiger partial charge in [0.2, 0.25) is 0 Å². The number of rotatable bonds is 10. The number of carboxylic acid groups (broad SMARTS) is 1. The van der Waals surface area contributed by atoms with Gasteiger partial charge in [0.1, 0.15) is 5.70 Å². The highest BCUT2D eigenvalue weighted by Gasteiger charge is 2.34. The quantitative estimate of drug-likeness (QED) is 0.420. The van der Waals surface area contributed by atoms with E-state index in [1.807, 2.05) is 6.07 Å². The summed E-state index contributed by atoms with van der Waals surface area (Å²) in [6.45, 7) is 6.42. The first kappa shape index (κ1) is 26.0. The fourth-order valence-corrected chi connectivity index (χ4v) is 3.06. The summed E-state index contributed by atoms with van der Waals surface area (Å²) in [6, 6.07) is 5.04. The van der Waals surface area contributed by atoms with Crippen LogP contribution in [0.5, 0.6) is 11.5 Å². The highest BCUT2D eigenvalue weighted by atomic mass is 16.5. The van der Waals surface area contributed by atoms with Gasteiger partial charge in [0.25, 0.3) is 5.91 Å². The second-order valence-corrected chi connectivity index (χ2v) is 7.18. The Bertz CT molecular complexity index is 790. The third-order valence-electron chi connectivity index (χ3n) is 4.99. The lowest BCUT2D eigenvalue weighted by Gasteiger charge is -2.22. The molecule has 3 amide bonds. The average molecular weight is 435 g/mol. The van der Waals surface area contributed by atoms with Crippen molar-refractivity contribution in [1.29, 1.82) is 0 Å². The molecule has 0 spiro atoms. The molecule has 1 aliphatic heterocycles. The minimum absolute atomic E-state index is 0.222. The Morgan fingerprint density at radius 1 is 1.16 bits per heavy atom. The Kier molecular flexibility index (Phi) is 11.2. The van der Waals surface area contributed by atoms with Crippen molar-refractivity contribution < 1.29 is 29.0 Å². The number of hydrogen-bond donors (Lipinski definition) is 2. The summed E-state index contributed by atoms with van der Waals surface area (Å²) in [5, 5.41) is 10.1. The molecule has 1 unspecified atom stereocenters. The molecule has 2 N–H and O–H groups in total. The molecule has 0 aliphatic carbocycles. The number of methoxy groups -OCH3 is 2. The largest absolute Gasteiger partial charge is 0.493 e. The predicted octanol–water partition coefficient (Wildman–Crippen LogP) is 4.29. The van der Waals surface area contributed by atoms with Gasteiger partial charge in [0, 0.05) is 13.0 Å².